The molecule has 0 unspecified atom stereocenters. The molecule has 0 bridgehead atoms. The third-order valence-corrected chi connectivity index (χ3v) is 3.56. The molecule has 2 N–H and O–H groups in total. The fourth-order valence-electron chi connectivity index (χ4n) is 1.37. The van der Waals surface area contributed by atoms with E-state index >= 15 is 0 Å². The van der Waals surface area contributed by atoms with Gasteiger partial charge in [0, 0.05) is 0 Å². The first-order chi connectivity index (χ1) is 7.65. The smallest absolute Gasteiger partial charge is 0.285 e. The number of rotatable bonds is 4. The SMILES string of the molecule is C=Cc1c(CS(=O)(=O)O)cccc1S(=O)(=O)O. The van der Waals surface area contributed by atoms with Gasteiger partial charge in [0.25, 0.3) is 20.2 Å². The molecule has 0 atom stereocenters. The molecule has 0 heterocycles. The molecular formula is C9H10O6S2. The molecule has 0 fully saturated rings. The molecule has 17 heavy (non-hydrogen) atoms. The molecule has 1 rings (SSSR count). The zero-order valence-electron chi connectivity index (χ0n) is 8.57. The Bertz CT molecular complexity index is 642. The number of benzene rings is 1. The predicted octanol–water partition coefficient (Wildman–Crippen LogP) is 0.964. The van der Waals surface area contributed by atoms with Crippen LogP contribution in [0, 0.1) is 0 Å². The second kappa shape index (κ2) is 4.57. The number of hydrogen-bond donors (Lipinski definition) is 2. The Morgan fingerprint density at radius 1 is 1.18 bits per heavy atom. The molecule has 0 saturated carbocycles. The van der Waals surface area contributed by atoms with Crippen LogP contribution in [0.4, 0.5) is 0 Å². The maximum atomic E-state index is 11.0. The van der Waals surface area contributed by atoms with Gasteiger partial charge in [-0.05, 0) is 17.2 Å². The van der Waals surface area contributed by atoms with Gasteiger partial charge in [-0.25, -0.2) is 0 Å². The summed E-state index contributed by atoms with van der Waals surface area (Å²) in [5, 5.41) is 0. The normalized spacial score (nSPS) is 12.4. The van der Waals surface area contributed by atoms with Gasteiger partial charge in [-0.2, -0.15) is 16.8 Å². The Kier molecular flexibility index (Phi) is 3.72. The maximum absolute atomic E-state index is 11.0. The van der Waals surface area contributed by atoms with E-state index in [1.807, 2.05) is 0 Å². The Hall–Kier alpha value is -1.22. The summed E-state index contributed by atoms with van der Waals surface area (Å²) in [7, 11) is -8.77. The Morgan fingerprint density at radius 3 is 2.18 bits per heavy atom. The van der Waals surface area contributed by atoms with Crippen LogP contribution in [0.2, 0.25) is 0 Å². The van der Waals surface area contributed by atoms with Crippen molar-refractivity contribution in [1.29, 1.82) is 0 Å². The van der Waals surface area contributed by atoms with E-state index in [1.165, 1.54) is 12.1 Å². The van der Waals surface area contributed by atoms with Gasteiger partial charge in [0.2, 0.25) is 0 Å². The first kappa shape index (κ1) is 13.8. The monoisotopic (exact) mass is 278 g/mol. The average Bonchev–Trinajstić information content (AvgIpc) is 2.13. The predicted molar refractivity (Wildman–Crippen MR) is 61.6 cm³/mol. The zero-order chi connectivity index (χ0) is 13.3. The first-order valence-corrected chi connectivity index (χ1v) is 7.37. The lowest BCUT2D eigenvalue weighted by Crippen LogP contribution is -2.07. The van der Waals surface area contributed by atoms with Crippen LogP contribution in [0.25, 0.3) is 6.08 Å². The van der Waals surface area contributed by atoms with Crippen molar-refractivity contribution in [3.05, 3.63) is 35.9 Å². The van der Waals surface area contributed by atoms with Crippen molar-refractivity contribution in [3.63, 3.8) is 0 Å². The van der Waals surface area contributed by atoms with Crippen LogP contribution in [-0.4, -0.2) is 25.9 Å². The van der Waals surface area contributed by atoms with E-state index in [0.717, 1.165) is 12.1 Å². The quantitative estimate of drug-likeness (QED) is 0.794. The molecule has 1 aromatic rings. The van der Waals surface area contributed by atoms with Crippen molar-refractivity contribution < 1.29 is 25.9 Å². The fourth-order valence-corrected chi connectivity index (χ4v) is 2.76. The van der Waals surface area contributed by atoms with Crippen LogP contribution in [-0.2, 0) is 26.0 Å². The van der Waals surface area contributed by atoms with Crippen molar-refractivity contribution >= 4 is 26.3 Å². The van der Waals surface area contributed by atoms with E-state index in [1.54, 1.807) is 0 Å². The lowest BCUT2D eigenvalue weighted by atomic mass is 10.1. The molecule has 0 spiro atoms. The summed E-state index contributed by atoms with van der Waals surface area (Å²) in [5.41, 5.74) is -0.00903. The van der Waals surface area contributed by atoms with E-state index in [4.69, 9.17) is 9.11 Å². The summed E-state index contributed by atoms with van der Waals surface area (Å²) in [6, 6.07) is 3.69. The van der Waals surface area contributed by atoms with Crippen molar-refractivity contribution in [1.82, 2.24) is 0 Å². The van der Waals surface area contributed by atoms with Crippen LogP contribution >= 0.6 is 0 Å². The molecular weight excluding hydrogens is 268 g/mol. The molecule has 0 aliphatic heterocycles. The Balaban J connectivity index is 3.50. The van der Waals surface area contributed by atoms with E-state index in [9.17, 15) is 16.8 Å². The largest absolute Gasteiger partial charge is 0.295 e. The third kappa shape index (κ3) is 3.63. The van der Waals surface area contributed by atoms with Gasteiger partial charge in [0.15, 0.2) is 0 Å². The summed E-state index contributed by atoms with van der Waals surface area (Å²) >= 11 is 0. The molecule has 0 aliphatic carbocycles. The lowest BCUT2D eigenvalue weighted by molar-refractivity contribution is 0.478. The van der Waals surface area contributed by atoms with Crippen LogP contribution in [0.1, 0.15) is 11.1 Å². The van der Waals surface area contributed by atoms with Gasteiger partial charge in [-0.15, -0.1) is 0 Å². The van der Waals surface area contributed by atoms with Gasteiger partial charge in [-0.3, -0.25) is 9.11 Å². The van der Waals surface area contributed by atoms with E-state index in [-0.39, 0.29) is 11.1 Å². The molecule has 6 nitrogen and oxygen atoms in total. The number of hydrogen-bond acceptors (Lipinski definition) is 4. The minimum Gasteiger partial charge on any atom is -0.285 e. The molecule has 0 aromatic heterocycles. The highest BCUT2D eigenvalue weighted by Gasteiger charge is 2.18. The van der Waals surface area contributed by atoms with Crippen LogP contribution in [0.5, 0.6) is 0 Å². The van der Waals surface area contributed by atoms with Gasteiger partial charge in [-0.1, -0.05) is 24.8 Å². The van der Waals surface area contributed by atoms with Crippen LogP contribution < -0.4 is 0 Å². The Morgan fingerprint density at radius 2 is 1.76 bits per heavy atom. The van der Waals surface area contributed by atoms with Crippen molar-refractivity contribution in [2.75, 3.05) is 0 Å². The highest BCUT2D eigenvalue weighted by Crippen LogP contribution is 2.22. The summed E-state index contributed by atoms with van der Waals surface area (Å²) in [4.78, 5) is -0.450. The van der Waals surface area contributed by atoms with Crippen LogP contribution in [0.3, 0.4) is 0 Å². The molecule has 0 aliphatic rings. The van der Waals surface area contributed by atoms with Crippen molar-refractivity contribution in [3.8, 4) is 0 Å². The van der Waals surface area contributed by atoms with Gasteiger partial charge < -0.3 is 0 Å². The Labute approximate surface area is 99.1 Å². The second-order valence-electron chi connectivity index (χ2n) is 3.23. The second-order valence-corrected chi connectivity index (χ2v) is 6.08. The van der Waals surface area contributed by atoms with Gasteiger partial charge in [0.05, 0.1) is 0 Å². The maximum Gasteiger partial charge on any atom is 0.295 e. The fraction of sp³-hybridized carbons (Fsp3) is 0.111. The third-order valence-electron chi connectivity index (χ3n) is 1.98. The summed E-state index contributed by atoms with van der Waals surface area (Å²) in [6.07, 6.45) is 1.10. The molecule has 94 valence electrons. The average molecular weight is 278 g/mol. The zero-order valence-corrected chi connectivity index (χ0v) is 10.2. The minimum absolute atomic E-state index is 0.0395. The van der Waals surface area contributed by atoms with E-state index < -0.39 is 30.9 Å². The van der Waals surface area contributed by atoms with Gasteiger partial charge >= 0.3 is 0 Å². The summed E-state index contributed by atoms with van der Waals surface area (Å²) in [6.45, 7) is 3.34. The van der Waals surface area contributed by atoms with Gasteiger partial charge in [0.1, 0.15) is 10.6 Å². The molecule has 0 radical (unpaired) electrons. The summed E-state index contributed by atoms with van der Waals surface area (Å²) < 4.78 is 61.2. The topological polar surface area (TPSA) is 109 Å². The highest BCUT2D eigenvalue weighted by molar-refractivity contribution is 7.86. The first-order valence-electron chi connectivity index (χ1n) is 4.32. The molecule has 8 heteroatoms. The highest BCUT2D eigenvalue weighted by atomic mass is 32.2. The van der Waals surface area contributed by atoms with Crippen LogP contribution in [0.15, 0.2) is 29.7 Å². The molecule has 0 amide bonds. The van der Waals surface area contributed by atoms with Crippen molar-refractivity contribution in [2.45, 2.75) is 10.6 Å². The molecule has 0 saturated heterocycles. The summed E-state index contributed by atoms with van der Waals surface area (Å²) in [5.74, 6) is -0.752. The lowest BCUT2D eigenvalue weighted by Gasteiger charge is -2.08. The minimum atomic E-state index is -4.47. The van der Waals surface area contributed by atoms with Crippen molar-refractivity contribution in [2.24, 2.45) is 0 Å². The van der Waals surface area contributed by atoms with E-state index in [2.05, 4.69) is 6.58 Å². The molecule has 1 aromatic carbocycles. The van der Waals surface area contributed by atoms with E-state index in [0.29, 0.717) is 0 Å². The standard InChI is InChI=1S/C9H10O6S2/c1-2-8-7(6-16(10,11)12)4-3-5-9(8)17(13,14)15/h2-5H,1,6H2,(H,10,11,12)(H,13,14,15).